The Kier molecular flexibility index (Phi) is 1.86. The van der Waals surface area contributed by atoms with Crippen LogP contribution in [0.4, 0.5) is 4.79 Å². The van der Waals surface area contributed by atoms with Crippen LogP contribution >= 0.6 is 0 Å². The molecule has 0 radical (unpaired) electrons. The van der Waals surface area contributed by atoms with Crippen LogP contribution in [0.5, 0.6) is 0 Å². The Labute approximate surface area is 57.0 Å². The van der Waals surface area contributed by atoms with Gasteiger partial charge in [-0.25, -0.2) is 4.79 Å². The van der Waals surface area contributed by atoms with Gasteiger partial charge >= 0.3 is 6.09 Å². The van der Waals surface area contributed by atoms with Crippen LogP contribution in [-0.4, -0.2) is 36.2 Å². The van der Waals surface area contributed by atoms with E-state index in [0.29, 0.717) is 6.29 Å². The van der Waals surface area contributed by atoms with Gasteiger partial charge in [-0.2, -0.15) is 0 Å². The Balaban J connectivity index is 2.56. The van der Waals surface area contributed by atoms with Crippen LogP contribution in [0.3, 0.4) is 0 Å². The Morgan fingerprint density at radius 1 is 1.80 bits per heavy atom. The number of aliphatic hydroxyl groups excluding tert-OH is 1. The fraction of sp³-hybridized carbons (Fsp3) is 0.600. The number of cyclic esters (lactones) is 1. The van der Waals surface area contributed by atoms with Crippen LogP contribution in [0.25, 0.3) is 0 Å². The van der Waals surface area contributed by atoms with Crippen molar-refractivity contribution in [2.24, 2.45) is 0 Å². The molecule has 0 aromatic carbocycles. The molecule has 0 saturated carbocycles. The zero-order chi connectivity index (χ0) is 7.56. The lowest BCUT2D eigenvalue weighted by molar-refractivity contribution is -0.110. The maximum Gasteiger partial charge on any atom is 0.408 e. The number of aliphatic hydroxyl groups is 1. The standard InChI is InChI=1S/C5H7NO4/c7-1-3-4(2-8)10-5(9)6-3/h1,3-4,8H,2H2,(H,6,9). The molecule has 0 bridgehead atoms. The quantitative estimate of drug-likeness (QED) is 0.471. The molecule has 2 unspecified atom stereocenters. The molecule has 1 heterocycles. The first-order valence-corrected chi connectivity index (χ1v) is 2.81. The second-order valence-electron chi connectivity index (χ2n) is 1.93. The lowest BCUT2D eigenvalue weighted by atomic mass is 10.2. The van der Waals surface area contributed by atoms with Gasteiger partial charge < -0.3 is 20.0 Å². The normalized spacial score (nSPS) is 31.1. The molecule has 2 atom stereocenters. The van der Waals surface area contributed by atoms with Crippen molar-refractivity contribution in [3.8, 4) is 0 Å². The summed E-state index contributed by atoms with van der Waals surface area (Å²) in [6, 6.07) is -0.697. The van der Waals surface area contributed by atoms with E-state index < -0.39 is 18.2 Å². The lowest BCUT2D eigenvalue weighted by Crippen LogP contribution is -2.34. The van der Waals surface area contributed by atoms with Crippen molar-refractivity contribution in [1.29, 1.82) is 0 Å². The van der Waals surface area contributed by atoms with E-state index in [4.69, 9.17) is 5.11 Å². The lowest BCUT2D eigenvalue weighted by Gasteiger charge is -2.05. The smallest absolute Gasteiger partial charge is 0.408 e. The Morgan fingerprint density at radius 3 is 2.90 bits per heavy atom. The summed E-state index contributed by atoms with van der Waals surface area (Å²) in [6.45, 7) is -0.331. The van der Waals surface area contributed by atoms with Crippen molar-refractivity contribution in [1.82, 2.24) is 5.32 Å². The van der Waals surface area contributed by atoms with E-state index in [-0.39, 0.29) is 6.61 Å². The summed E-state index contributed by atoms with van der Waals surface area (Å²) in [4.78, 5) is 20.5. The van der Waals surface area contributed by atoms with E-state index in [9.17, 15) is 9.59 Å². The molecule has 5 heteroatoms. The first-order chi connectivity index (χ1) is 4.77. The van der Waals surface area contributed by atoms with Crippen molar-refractivity contribution in [3.63, 3.8) is 0 Å². The second kappa shape index (κ2) is 2.66. The van der Waals surface area contributed by atoms with E-state index >= 15 is 0 Å². The van der Waals surface area contributed by atoms with E-state index in [1.165, 1.54) is 0 Å². The van der Waals surface area contributed by atoms with Crippen molar-refractivity contribution >= 4 is 12.4 Å². The predicted octanol–water partition coefficient (Wildman–Crippen LogP) is -1.35. The maximum atomic E-state index is 10.4. The zero-order valence-electron chi connectivity index (χ0n) is 5.11. The first-order valence-electron chi connectivity index (χ1n) is 2.81. The van der Waals surface area contributed by atoms with Crippen molar-refractivity contribution in [3.05, 3.63) is 0 Å². The molecule has 0 aromatic heterocycles. The average molecular weight is 145 g/mol. The number of nitrogens with one attached hydrogen (secondary N) is 1. The Morgan fingerprint density at radius 2 is 2.50 bits per heavy atom. The van der Waals surface area contributed by atoms with Gasteiger partial charge in [0.15, 0.2) is 6.10 Å². The Hall–Kier alpha value is -1.10. The molecule has 1 amide bonds. The molecule has 10 heavy (non-hydrogen) atoms. The minimum atomic E-state index is -0.718. The van der Waals surface area contributed by atoms with E-state index in [0.717, 1.165) is 0 Å². The summed E-state index contributed by atoms with van der Waals surface area (Å²) in [5, 5.41) is 10.7. The molecule has 1 saturated heterocycles. The third kappa shape index (κ3) is 1.08. The molecular weight excluding hydrogens is 138 g/mol. The summed E-state index contributed by atoms with van der Waals surface area (Å²) in [5.74, 6) is 0. The number of hydrogen-bond acceptors (Lipinski definition) is 4. The molecule has 0 aromatic rings. The molecule has 0 aliphatic carbocycles. The van der Waals surface area contributed by atoms with E-state index in [2.05, 4.69) is 10.1 Å². The molecule has 1 rings (SSSR count). The molecule has 0 spiro atoms. The third-order valence-electron chi connectivity index (χ3n) is 1.27. The number of amides is 1. The number of carbonyl (C=O) groups excluding carboxylic acids is 2. The van der Waals surface area contributed by atoms with Gasteiger partial charge in [-0.05, 0) is 0 Å². The van der Waals surface area contributed by atoms with Crippen LogP contribution in [0.2, 0.25) is 0 Å². The molecule has 1 aliphatic heterocycles. The summed E-state index contributed by atoms with van der Waals surface area (Å²) >= 11 is 0. The molecule has 1 fully saturated rings. The van der Waals surface area contributed by atoms with Gasteiger partial charge in [0, 0.05) is 0 Å². The zero-order valence-corrected chi connectivity index (χ0v) is 5.11. The van der Waals surface area contributed by atoms with Gasteiger partial charge in [0.2, 0.25) is 0 Å². The van der Waals surface area contributed by atoms with Gasteiger partial charge in [-0.3, -0.25) is 0 Å². The van der Waals surface area contributed by atoms with Crippen LogP contribution in [-0.2, 0) is 9.53 Å². The molecule has 5 nitrogen and oxygen atoms in total. The van der Waals surface area contributed by atoms with E-state index in [1.54, 1.807) is 0 Å². The third-order valence-corrected chi connectivity index (χ3v) is 1.27. The molecule has 56 valence electrons. The summed E-state index contributed by atoms with van der Waals surface area (Å²) in [6.07, 6.45) is -0.840. The SMILES string of the molecule is O=CC1NC(=O)OC1CO. The number of rotatable bonds is 2. The highest BCUT2D eigenvalue weighted by Gasteiger charge is 2.32. The van der Waals surface area contributed by atoms with Crippen LogP contribution in [0.15, 0.2) is 0 Å². The van der Waals surface area contributed by atoms with Gasteiger partial charge in [0.25, 0.3) is 0 Å². The monoisotopic (exact) mass is 145 g/mol. The highest BCUT2D eigenvalue weighted by molar-refractivity contribution is 5.77. The number of alkyl carbamates (subject to hydrolysis) is 1. The van der Waals surface area contributed by atoms with Gasteiger partial charge in [0.05, 0.1) is 6.61 Å². The first kappa shape index (κ1) is 7.01. The number of carbonyl (C=O) groups is 2. The minimum Gasteiger partial charge on any atom is -0.441 e. The average Bonchev–Trinajstić information content (AvgIpc) is 2.30. The summed E-state index contributed by atoms with van der Waals surface area (Å²) < 4.78 is 4.48. The molecule has 1 aliphatic rings. The van der Waals surface area contributed by atoms with Crippen molar-refractivity contribution in [2.75, 3.05) is 6.61 Å². The number of aldehydes is 1. The van der Waals surface area contributed by atoms with Gasteiger partial charge in [-0.1, -0.05) is 0 Å². The predicted molar refractivity (Wildman–Crippen MR) is 30.3 cm³/mol. The van der Waals surface area contributed by atoms with Crippen LogP contribution in [0.1, 0.15) is 0 Å². The highest BCUT2D eigenvalue weighted by Crippen LogP contribution is 2.04. The molecular formula is C5H7NO4. The fourth-order valence-electron chi connectivity index (χ4n) is 0.746. The largest absolute Gasteiger partial charge is 0.441 e. The van der Waals surface area contributed by atoms with Gasteiger partial charge in [0.1, 0.15) is 12.3 Å². The van der Waals surface area contributed by atoms with Crippen LogP contribution < -0.4 is 5.32 Å². The topological polar surface area (TPSA) is 75.6 Å². The second-order valence-corrected chi connectivity index (χ2v) is 1.93. The molecule has 2 N–H and O–H groups in total. The van der Waals surface area contributed by atoms with Gasteiger partial charge in [-0.15, -0.1) is 0 Å². The minimum absolute atomic E-state index is 0.331. The number of ether oxygens (including phenoxy) is 1. The van der Waals surface area contributed by atoms with Crippen molar-refractivity contribution in [2.45, 2.75) is 12.1 Å². The van der Waals surface area contributed by atoms with Crippen LogP contribution in [0, 0.1) is 0 Å². The fourth-order valence-corrected chi connectivity index (χ4v) is 0.746. The maximum absolute atomic E-state index is 10.4. The summed E-state index contributed by atoms with van der Waals surface area (Å²) in [7, 11) is 0. The summed E-state index contributed by atoms with van der Waals surface area (Å²) in [5.41, 5.74) is 0. The highest BCUT2D eigenvalue weighted by atomic mass is 16.6. The van der Waals surface area contributed by atoms with Crippen molar-refractivity contribution < 1.29 is 19.4 Å². The number of hydrogen-bond donors (Lipinski definition) is 2. The van der Waals surface area contributed by atoms with E-state index in [1.807, 2.05) is 0 Å². The Bertz CT molecular complexity index is 158.